The molecule has 192 valence electrons. The molecule has 1 nitrogen and oxygen atoms in total. The summed E-state index contributed by atoms with van der Waals surface area (Å²) in [6, 6.07) is 13.9. The molecule has 36 heavy (non-hydrogen) atoms. The van der Waals surface area contributed by atoms with Crippen LogP contribution in [0.25, 0.3) is 11.1 Å². The summed E-state index contributed by atoms with van der Waals surface area (Å²) in [4.78, 5) is 0. The van der Waals surface area contributed by atoms with Crippen LogP contribution in [-0.2, 0) is 12.6 Å². The number of hydrogen-bond acceptors (Lipinski definition) is 1. The van der Waals surface area contributed by atoms with E-state index in [4.69, 9.17) is 4.74 Å². The van der Waals surface area contributed by atoms with Gasteiger partial charge in [-0.3, -0.25) is 0 Å². The predicted molar refractivity (Wildman–Crippen MR) is 132 cm³/mol. The fourth-order valence-corrected chi connectivity index (χ4v) is 5.20. The monoisotopic (exact) mass is 502 g/mol. The Labute approximate surface area is 209 Å². The first-order valence-corrected chi connectivity index (χ1v) is 12.7. The molecule has 0 aromatic heterocycles. The summed E-state index contributed by atoms with van der Waals surface area (Å²) < 4.78 is 74.6. The maximum Gasteiger partial charge on any atom is 0.416 e. The molecule has 6 heteroatoms. The zero-order chi connectivity index (χ0) is 25.7. The van der Waals surface area contributed by atoms with E-state index >= 15 is 4.39 Å². The van der Waals surface area contributed by atoms with E-state index in [1.54, 1.807) is 24.3 Å². The Morgan fingerprint density at radius 3 is 2.06 bits per heavy atom. The van der Waals surface area contributed by atoms with E-state index in [0.29, 0.717) is 23.5 Å². The molecule has 0 aliphatic heterocycles. The molecule has 1 saturated carbocycles. The van der Waals surface area contributed by atoms with Crippen molar-refractivity contribution in [1.82, 2.24) is 0 Å². The quantitative estimate of drug-likeness (QED) is 0.279. The molecule has 4 rings (SSSR count). The zero-order valence-corrected chi connectivity index (χ0v) is 20.4. The summed E-state index contributed by atoms with van der Waals surface area (Å²) in [5.74, 6) is 0.121. The van der Waals surface area contributed by atoms with Gasteiger partial charge in [0.2, 0.25) is 0 Å². The molecular weight excluding hydrogens is 471 g/mol. The molecule has 3 aromatic rings. The average Bonchev–Trinajstić information content (AvgIpc) is 2.87. The Kier molecular flexibility index (Phi) is 8.32. The zero-order valence-electron chi connectivity index (χ0n) is 20.4. The number of para-hydroxylation sites is 1. The van der Waals surface area contributed by atoms with E-state index in [-0.39, 0.29) is 17.1 Å². The number of ether oxygens (including phenoxy) is 1. The van der Waals surface area contributed by atoms with Gasteiger partial charge in [-0.25, -0.2) is 8.78 Å². The molecular formula is C30H31F5O. The molecule has 1 aliphatic rings. The van der Waals surface area contributed by atoms with Crippen LogP contribution in [0.3, 0.4) is 0 Å². The second-order valence-electron chi connectivity index (χ2n) is 9.73. The lowest BCUT2D eigenvalue weighted by Crippen LogP contribution is -2.15. The maximum absolute atomic E-state index is 15.4. The van der Waals surface area contributed by atoms with Gasteiger partial charge in [0, 0.05) is 11.1 Å². The third-order valence-corrected chi connectivity index (χ3v) is 7.25. The van der Waals surface area contributed by atoms with Gasteiger partial charge in [-0.2, -0.15) is 13.2 Å². The molecule has 0 spiro atoms. The van der Waals surface area contributed by atoms with Crippen LogP contribution in [-0.4, -0.2) is 0 Å². The molecule has 0 atom stereocenters. The minimum Gasteiger partial charge on any atom is -0.454 e. The molecule has 3 aromatic carbocycles. The third kappa shape index (κ3) is 6.26. The highest BCUT2D eigenvalue weighted by Crippen LogP contribution is 2.38. The van der Waals surface area contributed by atoms with Crippen LogP contribution in [0.15, 0.2) is 60.7 Å². The van der Waals surface area contributed by atoms with Crippen LogP contribution >= 0.6 is 0 Å². The van der Waals surface area contributed by atoms with E-state index in [1.807, 2.05) is 0 Å². The first-order chi connectivity index (χ1) is 17.3. The summed E-state index contributed by atoms with van der Waals surface area (Å²) >= 11 is 0. The van der Waals surface area contributed by atoms with Crippen LogP contribution in [0.1, 0.15) is 63.0 Å². The van der Waals surface area contributed by atoms with E-state index in [1.165, 1.54) is 49.9 Å². The van der Waals surface area contributed by atoms with E-state index < -0.39 is 23.4 Å². The van der Waals surface area contributed by atoms with Crippen LogP contribution < -0.4 is 4.74 Å². The van der Waals surface area contributed by atoms with Crippen molar-refractivity contribution in [2.24, 2.45) is 11.8 Å². The molecule has 0 radical (unpaired) electrons. The Hall–Kier alpha value is -2.89. The highest BCUT2D eigenvalue weighted by atomic mass is 19.4. The van der Waals surface area contributed by atoms with E-state index in [9.17, 15) is 17.6 Å². The van der Waals surface area contributed by atoms with Gasteiger partial charge < -0.3 is 4.74 Å². The van der Waals surface area contributed by atoms with Crippen molar-refractivity contribution in [3.05, 3.63) is 83.4 Å². The number of benzene rings is 3. The molecule has 0 bridgehead atoms. The predicted octanol–water partition coefficient (Wildman–Crippen LogP) is 9.98. The first-order valence-electron chi connectivity index (χ1n) is 12.7. The summed E-state index contributed by atoms with van der Waals surface area (Å²) in [6.45, 7) is 2.20. The molecule has 0 saturated heterocycles. The van der Waals surface area contributed by atoms with Gasteiger partial charge in [-0.1, -0.05) is 75.8 Å². The summed E-state index contributed by atoms with van der Waals surface area (Å²) in [5.41, 5.74) is 0.285. The minimum atomic E-state index is -4.43. The van der Waals surface area contributed by atoms with Gasteiger partial charge in [-0.05, 0) is 60.6 Å². The standard InChI is InChI=1S/C30H31F5O/c1-2-5-20-8-10-21(11-9-20)12-17-25-26(31)18-19-28(29(25)32)36-27-7-4-3-6-24(27)22-13-15-23(16-14-22)30(33,34)35/h3-4,6-7,13-16,18-21H,2,5,8-12,17H2,1H3. The fraction of sp³-hybridized carbons (Fsp3) is 0.400. The summed E-state index contributed by atoms with van der Waals surface area (Å²) in [7, 11) is 0. The number of alkyl halides is 3. The van der Waals surface area contributed by atoms with Crippen LogP contribution in [0.5, 0.6) is 11.5 Å². The average molecular weight is 503 g/mol. The molecule has 1 aliphatic carbocycles. The lowest BCUT2D eigenvalue weighted by Gasteiger charge is -2.28. The van der Waals surface area contributed by atoms with Crippen molar-refractivity contribution < 1.29 is 26.7 Å². The molecule has 0 heterocycles. The largest absolute Gasteiger partial charge is 0.454 e. The van der Waals surface area contributed by atoms with Crippen molar-refractivity contribution >= 4 is 0 Å². The van der Waals surface area contributed by atoms with Gasteiger partial charge in [0.25, 0.3) is 0 Å². The summed E-state index contributed by atoms with van der Waals surface area (Å²) in [5, 5.41) is 0. The van der Waals surface area contributed by atoms with Crippen molar-refractivity contribution in [3.63, 3.8) is 0 Å². The number of hydrogen-bond donors (Lipinski definition) is 0. The third-order valence-electron chi connectivity index (χ3n) is 7.25. The minimum absolute atomic E-state index is 0.0233. The SMILES string of the molecule is CCCC1CCC(CCc2c(F)ccc(Oc3ccccc3-c3ccc(C(F)(F)F)cc3)c2F)CC1. The first kappa shape index (κ1) is 26.2. The highest BCUT2D eigenvalue weighted by Gasteiger charge is 2.30. The second-order valence-corrected chi connectivity index (χ2v) is 9.73. The van der Waals surface area contributed by atoms with Crippen molar-refractivity contribution in [2.75, 3.05) is 0 Å². The maximum atomic E-state index is 15.4. The van der Waals surface area contributed by atoms with E-state index in [2.05, 4.69) is 6.92 Å². The normalized spacial score (nSPS) is 18.3. The topological polar surface area (TPSA) is 9.23 Å². The van der Waals surface area contributed by atoms with Crippen LogP contribution in [0.2, 0.25) is 0 Å². The Morgan fingerprint density at radius 1 is 0.778 bits per heavy atom. The van der Waals surface area contributed by atoms with Crippen molar-refractivity contribution in [1.29, 1.82) is 0 Å². The smallest absolute Gasteiger partial charge is 0.416 e. The lowest BCUT2D eigenvalue weighted by atomic mass is 9.78. The van der Waals surface area contributed by atoms with Gasteiger partial charge in [0.15, 0.2) is 11.6 Å². The highest BCUT2D eigenvalue weighted by molar-refractivity contribution is 5.71. The van der Waals surface area contributed by atoms with Crippen LogP contribution in [0, 0.1) is 23.5 Å². The Balaban J connectivity index is 1.49. The molecule has 0 unspecified atom stereocenters. The Morgan fingerprint density at radius 2 is 1.42 bits per heavy atom. The van der Waals surface area contributed by atoms with Crippen molar-refractivity contribution in [2.45, 2.75) is 64.5 Å². The van der Waals surface area contributed by atoms with Gasteiger partial charge in [0.05, 0.1) is 5.56 Å². The van der Waals surface area contributed by atoms with E-state index in [0.717, 1.165) is 37.3 Å². The summed E-state index contributed by atoms with van der Waals surface area (Å²) in [6.07, 6.45) is 3.63. The fourth-order valence-electron chi connectivity index (χ4n) is 5.20. The van der Waals surface area contributed by atoms with Gasteiger partial charge in [0.1, 0.15) is 11.6 Å². The van der Waals surface area contributed by atoms with Crippen LogP contribution in [0.4, 0.5) is 22.0 Å². The second kappa shape index (κ2) is 11.4. The van der Waals surface area contributed by atoms with Crippen molar-refractivity contribution in [3.8, 4) is 22.6 Å². The molecule has 0 amide bonds. The number of rotatable bonds is 8. The number of halogens is 5. The molecule has 1 fully saturated rings. The van der Waals surface area contributed by atoms with Gasteiger partial charge >= 0.3 is 6.18 Å². The van der Waals surface area contributed by atoms with Gasteiger partial charge in [-0.15, -0.1) is 0 Å². The Bertz CT molecular complexity index is 1140. The molecule has 0 N–H and O–H groups in total. The lowest BCUT2D eigenvalue weighted by molar-refractivity contribution is -0.137.